The van der Waals surface area contributed by atoms with Crippen molar-refractivity contribution in [3.8, 4) is 10.4 Å². The van der Waals surface area contributed by atoms with Crippen LogP contribution < -0.4 is 5.32 Å². The number of hydrogen-bond acceptors (Lipinski definition) is 8. The molecule has 2 N–H and O–H groups in total. The number of carboxylic acids is 1. The van der Waals surface area contributed by atoms with Gasteiger partial charge in [-0.2, -0.15) is 0 Å². The van der Waals surface area contributed by atoms with Crippen LogP contribution in [0.5, 0.6) is 0 Å². The van der Waals surface area contributed by atoms with Gasteiger partial charge in [0.25, 0.3) is 11.8 Å². The summed E-state index contributed by atoms with van der Waals surface area (Å²) >= 11 is 2.27. The van der Waals surface area contributed by atoms with Crippen molar-refractivity contribution in [2.45, 2.75) is 31.8 Å². The van der Waals surface area contributed by atoms with Gasteiger partial charge in [-0.25, -0.2) is 14.2 Å². The number of piperidine rings is 1. The molecule has 9 nitrogen and oxygen atoms in total. The van der Waals surface area contributed by atoms with Crippen LogP contribution in [0.25, 0.3) is 10.4 Å². The number of halogens is 1. The molecule has 1 aliphatic heterocycles. The molecular weight excluding hydrogens is 541 g/mol. The Balaban J connectivity index is 0.000000332. The van der Waals surface area contributed by atoms with Crippen molar-refractivity contribution in [1.29, 1.82) is 0 Å². The molecule has 2 amide bonds. The van der Waals surface area contributed by atoms with Gasteiger partial charge in [-0.15, -0.1) is 16.4 Å². The van der Waals surface area contributed by atoms with E-state index in [1.54, 1.807) is 24.3 Å². The van der Waals surface area contributed by atoms with Crippen LogP contribution in [-0.4, -0.2) is 61.0 Å². The summed E-state index contributed by atoms with van der Waals surface area (Å²) in [4.78, 5) is 43.3. The van der Waals surface area contributed by atoms with E-state index in [9.17, 15) is 18.8 Å². The molecule has 0 spiro atoms. The molecule has 6 rings (SSSR count). The lowest BCUT2D eigenvalue weighted by molar-refractivity contribution is 0.0682. The molecule has 2 fully saturated rings. The molecule has 1 saturated heterocycles. The molecule has 0 radical (unpaired) electrons. The number of aryl methyl sites for hydroxylation is 1. The quantitative estimate of drug-likeness (QED) is 0.352. The summed E-state index contributed by atoms with van der Waals surface area (Å²) in [5, 5.41) is 15.3. The number of thiazole rings is 1. The van der Waals surface area contributed by atoms with Crippen LogP contribution >= 0.6 is 22.9 Å². The minimum atomic E-state index is -0.972. The van der Waals surface area contributed by atoms with E-state index in [4.69, 9.17) is 5.11 Å². The van der Waals surface area contributed by atoms with Crippen molar-refractivity contribution in [2.75, 3.05) is 6.54 Å². The zero-order chi connectivity index (χ0) is 27.5. The number of nitrogens with one attached hydrogen (secondary N) is 1. The van der Waals surface area contributed by atoms with E-state index >= 15 is 0 Å². The van der Waals surface area contributed by atoms with Gasteiger partial charge in [0.15, 0.2) is 4.88 Å². The van der Waals surface area contributed by atoms with Crippen LogP contribution in [0.1, 0.15) is 48.4 Å². The lowest BCUT2D eigenvalue weighted by atomic mass is 10.1. The number of nitrogens with zero attached hydrogens (tertiary/aromatic N) is 4. The number of hydrogen-bond donors (Lipinski definition) is 2. The van der Waals surface area contributed by atoms with Gasteiger partial charge in [0.2, 0.25) is 0 Å². The number of aromatic nitrogens is 3. The molecule has 12 heteroatoms. The summed E-state index contributed by atoms with van der Waals surface area (Å²) in [6, 6.07) is 15.5. The van der Waals surface area contributed by atoms with Gasteiger partial charge in [-0.3, -0.25) is 9.59 Å². The topological polar surface area (TPSA) is 125 Å². The number of likely N-dealkylation sites (tertiary alicyclic amines) is 1. The Morgan fingerprint density at radius 1 is 1.13 bits per heavy atom. The molecular formula is C27H24FN5O4S2. The maximum Gasteiger partial charge on any atom is 0.349 e. The smallest absolute Gasteiger partial charge is 0.349 e. The first-order valence-corrected chi connectivity index (χ1v) is 13.8. The Bertz CT molecular complexity index is 1500. The second-order valence-corrected chi connectivity index (χ2v) is 11.2. The first kappa shape index (κ1) is 26.6. The zero-order valence-electron chi connectivity index (χ0n) is 20.8. The van der Waals surface area contributed by atoms with Crippen LogP contribution in [0.4, 0.5) is 4.39 Å². The summed E-state index contributed by atoms with van der Waals surface area (Å²) in [5.74, 6) is -1.10. The Hall–Kier alpha value is -4.03. The van der Waals surface area contributed by atoms with Crippen LogP contribution in [-0.2, 0) is 0 Å². The van der Waals surface area contributed by atoms with Gasteiger partial charge in [0.1, 0.15) is 11.5 Å². The van der Waals surface area contributed by atoms with E-state index < -0.39 is 5.97 Å². The largest absolute Gasteiger partial charge is 0.477 e. The molecule has 2 aromatic heterocycles. The van der Waals surface area contributed by atoms with Gasteiger partial charge < -0.3 is 15.3 Å². The van der Waals surface area contributed by atoms with Crippen LogP contribution in [0, 0.1) is 18.7 Å². The van der Waals surface area contributed by atoms with Crippen molar-refractivity contribution < 1.29 is 23.9 Å². The molecule has 200 valence electrons. The highest BCUT2D eigenvalue weighted by Gasteiger charge is 2.54. The Morgan fingerprint density at radius 2 is 1.92 bits per heavy atom. The van der Waals surface area contributed by atoms with E-state index in [0.29, 0.717) is 34.2 Å². The maximum absolute atomic E-state index is 13.8. The highest BCUT2D eigenvalue weighted by molar-refractivity contribution is 7.15. The number of carbonyl (C=O) groups is 3. The van der Waals surface area contributed by atoms with E-state index in [1.807, 2.05) is 30.0 Å². The second-order valence-electron chi connectivity index (χ2n) is 9.25. The molecule has 0 unspecified atom stereocenters. The fourth-order valence-electron chi connectivity index (χ4n) is 4.74. The van der Waals surface area contributed by atoms with Gasteiger partial charge in [-0.05, 0) is 67.0 Å². The fraction of sp³-hybridized carbons (Fsp3) is 0.259. The van der Waals surface area contributed by atoms with Gasteiger partial charge in [0, 0.05) is 18.2 Å². The monoisotopic (exact) mass is 565 g/mol. The minimum Gasteiger partial charge on any atom is -0.477 e. The molecule has 39 heavy (non-hydrogen) atoms. The number of fused-ring (bicyclic) bond motifs is 1. The lowest BCUT2D eigenvalue weighted by Gasteiger charge is -2.27. The number of amides is 2. The van der Waals surface area contributed by atoms with Crippen LogP contribution in [0.3, 0.4) is 0 Å². The van der Waals surface area contributed by atoms with E-state index in [2.05, 4.69) is 19.9 Å². The van der Waals surface area contributed by atoms with E-state index in [1.165, 1.54) is 29.7 Å². The predicted molar refractivity (Wildman–Crippen MR) is 144 cm³/mol. The number of carboxylic acid groups (broad SMARTS) is 1. The number of rotatable bonds is 6. The molecule has 4 aromatic rings. The molecule has 1 aliphatic carbocycles. The average molecular weight is 566 g/mol. The first-order chi connectivity index (χ1) is 18.8. The number of aromatic carboxylic acids is 1. The molecule has 3 atom stereocenters. The van der Waals surface area contributed by atoms with Crippen molar-refractivity contribution in [2.24, 2.45) is 5.92 Å². The minimum absolute atomic E-state index is 0.0636. The third-order valence-electron chi connectivity index (χ3n) is 6.58. The number of benzene rings is 2. The molecule has 2 aliphatic rings. The fourth-order valence-corrected chi connectivity index (χ4v) is 6.00. The van der Waals surface area contributed by atoms with Crippen LogP contribution in [0.2, 0.25) is 0 Å². The van der Waals surface area contributed by atoms with E-state index in [0.717, 1.165) is 29.4 Å². The van der Waals surface area contributed by atoms with Gasteiger partial charge in [0.05, 0.1) is 22.1 Å². The summed E-state index contributed by atoms with van der Waals surface area (Å²) < 4.78 is 17.1. The Morgan fingerprint density at radius 3 is 2.59 bits per heavy atom. The normalized spacial score (nSPS) is 19.0. The van der Waals surface area contributed by atoms with Gasteiger partial charge in [-0.1, -0.05) is 34.8 Å². The molecule has 3 heterocycles. The highest BCUT2D eigenvalue weighted by atomic mass is 32.1. The molecule has 0 bridgehead atoms. The second kappa shape index (κ2) is 11.4. The van der Waals surface area contributed by atoms with Crippen molar-refractivity contribution in [1.82, 2.24) is 24.8 Å². The molecule has 2 aromatic carbocycles. The van der Waals surface area contributed by atoms with Crippen molar-refractivity contribution in [3.63, 3.8) is 0 Å². The average Bonchev–Trinajstić information content (AvgIpc) is 3.31. The number of carbonyl (C=O) groups excluding carboxylic acids is 2. The van der Waals surface area contributed by atoms with E-state index in [-0.39, 0.29) is 34.6 Å². The summed E-state index contributed by atoms with van der Waals surface area (Å²) in [5.41, 5.74) is 1.64. The first-order valence-electron chi connectivity index (χ1n) is 12.2. The van der Waals surface area contributed by atoms with Crippen LogP contribution in [0.15, 0.2) is 60.8 Å². The standard InChI is InChI=1S/C24H22FN3O2S.C3H2N2O2S/c1-14-27-21(22(31-14)16-8-5-9-18(25)10-16)24(30)28-19(11-17-12-20(17)28)13-26-23(29)15-6-3-2-4-7-15;6-3(7)2-1-4-5-8-2/h2-10,17,19-20H,11-13H2,1H3,(H,26,29);1H,(H,6,7)/t17-,19+,20+;/m1./s1. The lowest BCUT2D eigenvalue weighted by Crippen LogP contribution is -2.45. The Labute approximate surface area is 231 Å². The summed E-state index contributed by atoms with van der Waals surface area (Å²) in [6.07, 6.45) is 3.09. The van der Waals surface area contributed by atoms with Gasteiger partial charge >= 0.3 is 5.97 Å². The van der Waals surface area contributed by atoms with Crippen molar-refractivity contribution in [3.05, 3.63) is 87.8 Å². The third kappa shape index (κ3) is 6.02. The summed E-state index contributed by atoms with van der Waals surface area (Å²) in [7, 11) is 0. The summed E-state index contributed by atoms with van der Waals surface area (Å²) in [6.45, 7) is 2.26. The maximum atomic E-state index is 13.8. The molecule has 1 saturated carbocycles. The SMILES string of the molecule is Cc1nc(C(=O)N2[C@H](CNC(=O)c3ccccc3)C[C@@H]3C[C@@H]32)c(-c2cccc(F)c2)s1.O=C(O)c1cnns1. The highest BCUT2D eigenvalue weighted by Crippen LogP contribution is 2.48. The van der Waals surface area contributed by atoms with Crippen molar-refractivity contribution >= 4 is 40.7 Å². The third-order valence-corrected chi connectivity index (χ3v) is 8.25. The zero-order valence-corrected chi connectivity index (χ0v) is 22.4. The predicted octanol–water partition coefficient (Wildman–Crippen LogP) is 4.53. The Kier molecular flexibility index (Phi) is 7.75.